The minimum atomic E-state index is -0.0784. The van der Waals surface area contributed by atoms with Crippen LogP contribution in [0.4, 0.5) is 0 Å². The van der Waals surface area contributed by atoms with Crippen LogP contribution in [0.5, 0.6) is 5.88 Å². The van der Waals surface area contributed by atoms with E-state index >= 15 is 0 Å². The molecule has 2 rings (SSSR count). The first kappa shape index (κ1) is 17.0. The van der Waals surface area contributed by atoms with Crippen LogP contribution in [-0.2, 0) is 24.2 Å². The van der Waals surface area contributed by atoms with Gasteiger partial charge in [0.25, 0.3) is 0 Å². The van der Waals surface area contributed by atoms with Crippen molar-refractivity contribution in [2.75, 3.05) is 6.61 Å². The number of hydrogen-bond acceptors (Lipinski definition) is 4. The molecule has 2 N–H and O–H groups in total. The molecule has 0 aliphatic heterocycles. The molecule has 0 atom stereocenters. The lowest BCUT2D eigenvalue weighted by Crippen LogP contribution is -2.25. The van der Waals surface area contributed by atoms with Crippen LogP contribution in [0.1, 0.15) is 43.8 Å². The van der Waals surface area contributed by atoms with Crippen molar-refractivity contribution in [3.63, 3.8) is 0 Å². The van der Waals surface area contributed by atoms with Gasteiger partial charge in [-0.05, 0) is 18.9 Å². The van der Waals surface area contributed by atoms with Gasteiger partial charge in [0.15, 0.2) is 0 Å². The van der Waals surface area contributed by atoms with Gasteiger partial charge < -0.3 is 15.0 Å². The molecule has 0 aliphatic carbocycles. The third-order valence-electron chi connectivity index (χ3n) is 3.45. The lowest BCUT2D eigenvalue weighted by molar-refractivity contribution is -0.120. The summed E-state index contributed by atoms with van der Waals surface area (Å²) in [5.41, 5.74) is 1.91. The average Bonchev–Trinajstić information content (AvgIpc) is 3.02. The van der Waals surface area contributed by atoms with Crippen LogP contribution in [0.3, 0.4) is 0 Å². The van der Waals surface area contributed by atoms with Crippen molar-refractivity contribution >= 4 is 5.91 Å². The van der Waals surface area contributed by atoms with Gasteiger partial charge in [-0.15, -0.1) is 0 Å². The van der Waals surface area contributed by atoms with E-state index in [1.54, 1.807) is 12.4 Å². The topological polar surface area (TPSA) is 79.9 Å². The number of aryl methyl sites for hydroxylation is 1. The van der Waals surface area contributed by atoms with E-state index in [-0.39, 0.29) is 12.3 Å². The van der Waals surface area contributed by atoms with Gasteiger partial charge in [-0.2, -0.15) is 0 Å². The van der Waals surface area contributed by atoms with E-state index in [1.807, 2.05) is 19.1 Å². The van der Waals surface area contributed by atoms with E-state index in [1.165, 1.54) is 0 Å². The second-order valence-electron chi connectivity index (χ2n) is 5.33. The van der Waals surface area contributed by atoms with Gasteiger partial charge in [0.1, 0.15) is 5.82 Å². The highest BCUT2D eigenvalue weighted by molar-refractivity contribution is 5.77. The third-order valence-corrected chi connectivity index (χ3v) is 3.45. The summed E-state index contributed by atoms with van der Waals surface area (Å²) in [4.78, 5) is 23.6. The normalized spacial score (nSPS) is 10.5. The summed E-state index contributed by atoms with van der Waals surface area (Å²) in [6.07, 6.45) is 6.64. The summed E-state index contributed by atoms with van der Waals surface area (Å²) >= 11 is 0. The maximum atomic E-state index is 12.0. The number of amides is 1. The lowest BCUT2D eigenvalue weighted by Gasteiger charge is -2.10. The lowest BCUT2D eigenvalue weighted by atomic mass is 10.2. The number of rotatable bonds is 9. The molecular weight excluding hydrogens is 292 g/mol. The fraction of sp³-hybridized carbons (Fsp3) is 0.471. The van der Waals surface area contributed by atoms with Gasteiger partial charge in [-0.1, -0.05) is 26.3 Å². The number of H-pyrrole nitrogens is 1. The van der Waals surface area contributed by atoms with Gasteiger partial charge in [0, 0.05) is 30.2 Å². The van der Waals surface area contributed by atoms with E-state index in [9.17, 15) is 4.79 Å². The number of carbonyl (C=O) groups excluding carboxylic acids is 1. The predicted octanol–water partition coefficient (Wildman–Crippen LogP) is 2.40. The van der Waals surface area contributed by atoms with Crippen molar-refractivity contribution in [2.45, 2.75) is 46.1 Å². The number of nitrogens with zero attached hydrogens (tertiary/aromatic N) is 2. The van der Waals surface area contributed by atoms with Crippen LogP contribution >= 0.6 is 0 Å². The van der Waals surface area contributed by atoms with Crippen LogP contribution in [0.15, 0.2) is 24.5 Å². The van der Waals surface area contributed by atoms with Crippen LogP contribution in [0.25, 0.3) is 0 Å². The number of hydrogen-bond donors (Lipinski definition) is 2. The van der Waals surface area contributed by atoms with E-state index in [2.05, 4.69) is 27.2 Å². The second kappa shape index (κ2) is 8.92. The Kier molecular flexibility index (Phi) is 6.59. The van der Waals surface area contributed by atoms with E-state index in [0.717, 1.165) is 30.5 Å². The fourth-order valence-electron chi connectivity index (χ4n) is 2.09. The van der Waals surface area contributed by atoms with Crippen molar-refractivity contribution in [1.82, 2.24) is 20.3 Å². The van der Waals surface area contributed by atoms with Crippen LogP contribution < -0.4 is 10.1 Å². The van der Waals surface area contributed by atoms with Crippen molar-refractivity contribution in [2.24, 2.45) is 0 Å². The largest absolute Gasteiger partial charge is 0.477 e. The van der Waals surface area contributed by atoms with Crippen molar-refractivity contribution in [1.29, 1.82) is 0 Å². The molecule has 0 aromatic carbocycles. The Morgan fingerprint density at radius 1 is 1.35 bits per heavy atom. The molecule has 2 aromatic heterocycles. The Morgan fingerprint density at radius 3 is 2.96 bits per heavy atom. The molecule has 0 aliphatic rings. The monoisotopic (exact) mass is 316 g/mol. The predicted molar refractivity (Wildman–Crippen MR) is 88.2 cm³/mol. The molecule has 6 heteroatoms. The molecule has 0 radical (unpaired) electrons. The molecule has 0 spiro atoms. The third kappa shape index (κ3) is 5.39. The van der Waals surface area contributed by atoms with Crippen LogP contribution in [0, 0.1) is 0 Å². The molecule has 6 nitrogen and oxygen atoms in total. The first-order valence-electron chi connectivity index (χ1n) is 8.09. The number of unbranched alkanes of at least 4 members (excludes halogenated alkanes) is 1. The number of aromatic nitrogens is 3. The number of aromatic amines is 1. The molecule has 0 fully saturated rings. The minimum absolute atomic E-state index is 0.0784. The molecule has 0 bridgehead atoms. The maximum absolute atomic E-state index is 12.0. The summed E-state index contributed by atoms with van der Waals surface area (Å²) in [5, 5.41) is 2.89. The van der Waals surface area contributed by atoms with Crippen molar-refractivity contribution in [3.05, 3.63) is 41.6 Å². The molecule has 0 saturated heterocycles. The molecule has 2 aromatic rings. The van der Waals surface area contributed by atoms with E-state index < -0.39 is 0 Å². The number of nitrogens with one attached hydrogen (secondary N) is 2. The zero-order valence-electron chi connectivity index (χ0n) is 13.8. The molecule has 0 saturated carbocycles. The van der Waals surface area contributed by atoms with Crippen LogP contribution in [0.2, 0.25) is 0 Å². The fourth-order valence-corrected chi connectivity index (χ4v) is 2.09. The van der Waals surface area contributed by atoms with Crippen molar-refractivity contribution in [3.8, 4) is 5.88 Å². The Balaban J connectivity index is 1.86. The smallest absolute Gasteiger partial charge is 0.227 e. The first-order valence-corrected chi connectivity index (χ1v) is 8.09. The highest BCUT2D eigenvalue weighted by Crippen LogP contribution is 2.14. The highest BCUT2D eigenvalue weighted by Gasteiger charge is 2.09. The van der Waals surface area contributed by atoms with Gasteiger partial charge in [-0.25, -0.2) is 9.97 Å². The Hall–Kier alpha value is -2.37. The average molecular weight is 316 g/mol. The molecule has 124 valence electrons. The molecule has 0 unspecified atom stereocenters. The minimum Gasteiger partial charge on any atom is -0.477 e. The molecule has 2 heterocycles. The number of ether oxygens (including phenoxy) is 1. The van der Waals surface area contributed by atoms with Gasteiger partial charge in [0.05, 0.1) is 13.0 Å². The SMILES string of the molecule is CCCCOc1ncccc1CNC(=O)Cc1ncc(CC)[nH]1. The Bertz CT molecular complexity index is 625. The zero-order chi connectivity index (χ0) is 16.5. The van der Waals surface area contributed by atoms with Crippen LogP contribution in [-0.4, -0.2) is 27.5 Å². The van der Waals surface area contributed by atoms with Gasteiger partial charge in [0.2, 0.25) is 11.8 Å². The Morgan fingerprint density at radius 2 is 2.22 bits per heavy atom. The summed E-state index contributed by atoms with van der Waals surface area (Å²) in [7, 11) is 0. The number of imidazole rings is 1. The van der Waals surface area contributed by atoms with Gasteiger partial charge in [-0.3, -0.25) is 4.79 Å². The van der Waals surface area contributed by atoms with Gasteiger partial charge >= 0.3 is 0 Å². The van der Waals surface area contributed by atoms with E-state index in [0.29, 0.717) is 24.9 Å². The maximum Gasteiger partial charge on any atom is 0.227 e. The molecular formula is C17H24N4O2. The summed E-state index contributed by atoms with van der Waals surface area (Å²) in [6.45, 7) is 5.19. The second-order valence-corrected chi connectivity index (χ2v) is 5.33. The molecule has 23 heavy (non-hydrogen) atoms. The number of carbonyl (C=O) groups is 1. The quantitative estimate of drug-likeness (QED) is 0.696. The van der Waals surface area contributed by atoms with E-state index in [4.69, 9.17) is 4.74 Å². The summed E-state index contributed by atoms with van der Waals surface area (Å²) < 4.78 is 5.67. The summed E-state index contributed by atoms with van der Waals surface area (Å²) in [6, 6.07) is 3.75. The molecule has 1 amide bonds. The Labute approximate surface area is 136 Å². The number of pyridine rings is 1. The first-order chi connectivity index (χ1) is 11.2. The highest BCUT2D eigenvalue weighted by atomic mass is 16.5. The summed E-state index contributed by atoms with van der Waals surface area (Å²) in [5.74, 6) is 1.20. The zero-order valence-corrected chi connectivity index (χ0v) is 13.8. The standard InChI is InChI=1S/C17H24N4O2/c1-3-5-9-23-17-13(7-6-8-18-17)11-20-16(22)10-15-19-12-14(4-2)21-15/h6-8,12H,3-5,9-11H2,1-2H3,(H,19,21)(H,20,22). The van der Waals surface area contributed by atoms with Crippen molar-refractivity contribution < 1.29 is 9.53 Å².